The zero-order valence-corrected chi connectivity index (χ0v) is 15.6. The van der Waals surface area contributed by atoms with E-state index in [0.29, 0.717) is 23.1 Å². The Kier molecular flexibility index (Phi) is 7.07. The van der Waals surface area contributed by atoms with E-state index in [9.17, 15) is 9.59 Å². The number of carbonyl (C=O) groups is 2. The van der Waals surface area contributed by atoms with Crippen LogP contribution >= 0.6 is 0 Å². The molecule has 0 spiro atoms. The van der Waals surface area contributed by atoms with Crippen molar-refractivity contribution in [2.75, 3.05) is 29.7 Å². The van der Waals surface area contributed by atoms with Gasteiger partial charge in [-0.2, -0.15) is 4.98 Å². The molecule has 9 nitrogen and oxygen atoms in total. The summed E-state index contributed by atoms with van der Waals surface area (Å²) < 4.78 is 4.79. The summed E-state index contributed by atoms with van der Waals surface area (Å²) in [6.07, 6.45) is 2.24. The van der Waals surface area contributed by atoms with E-state index < -0.39 is 5.91 Å². The number of hydrogen-bond donors (Lipinski definition) is 4. The molecule has 0 saturated carbocycles. The number of aromatic nitrogens is 2. The molecule has 0 unspecified atom stereocenters. The number of methoxy groups -OCH3 is 1. The molecule has 5 N–H and O–H groups in total. The van der Waals surface area contributed by atoms with Crippen molar-refractivity contribution in [1.29, 1.82) is 0 Å². The number of nitrogens with one attached hydrogen (secondary N) is 3. The van der Waals surface area contributed by atoms with Crippen LogP contribution < -0.4 is 21.7 Å². The molecule has 1 heterocycles. The highest BCUT2D eigenvalue weighted by atomic mass is 16.5. The molecule has 1 aromatic carbocycles. The van der Waals surface area contributed by atoms with Crippen LogP contribution in [0.15, 0.2) is 30.5 Å². The molecular formula is C18H24N6O3. The Hall–Kier alpha value is -3.20. The first-order valence-electron chi connectivity index (χ1n) is 8.52. The van der Waals surface area contributed by atoms with E-state index in [1.807, 2.05) is 13.8 Å². The normalized spacial score (nSPS) is 11.5. The first-order valence-corrected chi connectivity index (χ1v) is 8.52. The molecule has 0 saturated heterocycles. The molecule has 1 atom stereocenters. The van der Waals surface area contributed by atoms with Crippen LogP contribution in [-0.4, -0.2) is 41.5 Å². The Labute approximate surface area is 157 Å². The maximum absolute atomic E-state index is 11.6. The summed E-state index contributed by atoms with van der Waals surface area (Å²) in [6, 6.07) is 7.19. The van der Waals surface area contributed by atoms with Crippen LogP contribution in [0, 0.1) is 0 Å². The topological polar surface area (TPSA) is 131 Å². The summed E-state index contributed by atoms with van der Waals surface area (Å²) in [4.78, 5) is 31.7. The van der Waals surface area contributed by atoms with E-state index >= 15 is 0 Å². The second-order valence-corrected chi connectivity index (χ2v) is 5.96. The molecule has 2 amide bonds. The van der Waals surface area contributed by atoms with Crippen molar-refractivity contribution in [2.24, 2.45) is 5.73 Å². The fraction of sp³-hybridized carbons (Fsp3) is 0.333. The monoisotopic (exact) mass is 372 g/mol. The van der Waals surface area contributed by atoms with Gasteiger partial charge in [-0.05, 0) is 31.5 Å². The Bertz CT molecular complexity index is 811. The van der Waals surface area contributed by atoms with Gasteiger partial charge in [-0.1, -0.05) is 13.0 Å². The fourth-order valence-electron chi connectivity index (χ4n) is 2.20. The summed E-state index contributed by atoms with van der Waals surface area (Å²) in [7, 11) is 1.45. The highest BCUT2D eigenvalue weighted by Gasteiger charge is 2.14. The van der Waals surface area contributed by atoms with Gasteiger partial charge in [0.1, 0.15) is 12.4 Å². The number of hydrogen-bond acceptors (Lipinski definition) is 7. The summed E-state index contributed by atoms with van der Waals surface area (Å²) in [5.74, 6) is -0.183. The highest BCUT2D eigenvalue weighted by molar-refractivity contribution is 5.97. The van der Waals surface area contributed by atoms with Gasteiger partial charge in [-0.15, -0.1) is 0 Å². The highest BCUT2D eigenvalue weighted by Crippen LogP contribution is 2.21. The van der Waals surface area contributed by atoms with Gasteiger partial charge in [-0.25, -0.2) is 4.98 Å². The van der Waals surface area contributed by atoms with E-state index in [0.717, 1.165) is 6.42 Å². The second-order valence-electron chi connectivity index (χ2n) is 5.96. The van der Waals surface area contributed by atoms with Gasteiger partial charge in [0, 0.05) is 30.7 Å². The summed E-state index contributed by atoms with van der Waals surface area (Å²) in [5.41, 5.74) is 6.90. The lowest BCUT2D eigenvalue weighted by Gasteiger charge is -2.15. The van der Waals surface area contributed by atoms with E-state index in [-0.39, 0.29) is 24.1 Å². The second kappa shape index (κ2) is 9.48. The number of rotatable bonds is 9. The third-order valence-electron chi connectivity index (χ3n) is 3.73. The first kappa shape index (κ1) is 20.1. The van der Waals surface area contributed by atoms with Gasteiger partial charge in [0.15, 0.2) is 0 Å². The minimum atomic E-state index is -0.602. The number of carbonyl (C=O) groups excluding carboxylic acids is 2. The SMILES string of the molecule is CC[C@H](C)Nc1nc(Nc2cccc(NC(=O)COC)c2)ncc1C(N)=O. The zero-order chi connectivity index (χ0) is 19.8. The number of anilines is 4. The van der Waals surface area contributed by atoms with Gasteiger partial charge in [0.25, 0.3) is 5.91 Å². The fourth-order valence-corrected chi connectivity index (χ4v) is 2.20. The zero-order valence-electron chi connectivity index (χ0n) is 15.6. The molecule has 27 heavy (non-hydrogen) atoms. The Morgan fingerprint density at radius 3 is 2.70 bits per heavy atom. The third-order valence-corrected chi connectivity index (χ3v) is 3.73. The molecule has 9 heteroatoms. The maximum Gasteiger partial charge on any atom is 0.254 e. The maximum atomic E-state index is 11.6. The molecule has 2 aromatic rings. The van der Waals surface area contributed by atoms with Crippen LogP contribution in [0.4, 0.5) is 23.1 Å². The van der Waals surface area contributed by atoms with Gasteiger partial charge in [0.2, 0.25) is 11.9 Å². The van der Waals surface area contributed by atoms with Crippen LogP contribution in [0.1, 0.15) is 30.6 Å². The quantitative estimate of drug-likeness (QED) is 0.530. The van der Waals surface area contributed by atoms with E-state index in [4.69, 9.17) is 10.5 Å². The summed E-state index contributed by atoms with van der Waals surface area (Å²) in [5, 5.41) is 8.93. The average Bonchev–Trinajstić information content (AvgIpc) is 2.62. The number of nitrogens with zero attached hydrogens (tertiary/aromatic N) is 2. The van der Waals surface area contributed by atoms with Gasteiger partial charge in [0.05, 0.1) is 5.56 Å². The molecule has 0 radical (unpaired) electrons. The number of nitrogens with two attached hydrogens (primary N) is 1. The van der Waals surface area contributed by atoms with Gasteiger partial charge >= 0.3 is 0 Å². The van der Waals surface area contributed by atoms with Crippen molar-refractivity contribution >= 4 is 35.0 Å². The van der Waals surface area contributed by atoms with Crippen LogP contribution in [0.2, 0.25) is 0 Å². The largest absolute Gasteiger partial charge is 0.375 e. The molecule has 0 aliphatic rings. The molecular weight excluding hydrogens is 348 g/mol. The van der Waals surface area contributed by atoms with Crippen molar-refractivity contribution in [3.8, 4) is 0 Å². The van der Waals surface area contributed by atoms with Crippen LogP contribution in [0.5, 0.6) is 0 Å². The van der Waals surface area contributed by atoms with Crippen molar-refractivity contribution < 1.29 is 14.3 Å². The minimum Gasteiger partial charge on any atom is -0.375 e. The predicted molar refractivity (Wildman–Crippen MR) is 104 cm³/mol. The number of ether oxygens (including phenoxy) is 1. The van der Waals surface area contributed by atoms with E-state index in [1.54, 1.807) is 24.3 Å². The lowest BCUT2D eigenvalue weighted by Crippen LogP contribution is -2.21. The lowest BCUT2D eigenvalue weighted by atomic mass is 10.2. The smallest absolute Gasteiger partial charge is 0.254 e. The molecule has 1 aromatic heterocycles. The Morgan fingerprint density at radius 2 is 2.04 bits per heavy atom. The van der Waals surface area contributed by atoms with E-state index in [2.05, 4.69) is 25.9 Å². The number of primary amides is 1. The predicted octanol–water partition coefficient (Wildman–Crippen LogP) is 2.11. The summed E-state index contributed by atoms with van der Waals surface area (Å²) >= 11 is 0. The van der Waals surface area contributed by atoms with Crippen molar-refractivity contribution in [3.05, 3.63) is 36.0 Å². The van der Waals surface area contributed by atoms with Gasteiger partial charge in [-0.3, -0.25) is 9.59 Å². The van der Waals surface area contributed by atoms with E-state index in [1.165, 1.54) is 13.3 Å². The Balaban J connectivity index is 2.20. The molecule has 0 aliphatic heterocycles. The average molecular weight is 372 g/mol. The molecule has 2 rings (SSSR count). The van der Waals surface area contributed by atoms with Crippen molar-refractivity contribution in [1.82, 2.24) is 9.97 Å². The molecule has 144 valence electrons. The van der Waals surface area contributed by atoms with Crippen LogP contribution in [0.25, 0.3) is 0 Å². The third kappa shape index (κ3) is 5.93. The van der Waals surface area contributed by atoms with Crippen molar-refractivity contribution in [2.45, 2.75) is 26.3 Å². The minimum absolute atomic E-state index is 0.0278. The van der Waals surface area contributed by atoms with Crippen LogP contribution in [0.3, 0.4) is 0 Å². The molecule has 0 aliphatic carbocycles. The van der Waals surface area contributed by atoms with Crippen molar-refractivity contribution in [3.63, 3.8) is 0 Å². The standard InChI is InChI=1S/C18H24N6O3/c1-4-11(2)21-17-14(16(19)26)9-20-18(24-17)23-13-7-5-6-12(8-13)22-15(25)10-27-3/h5-9,11H,4,10H2,1-3H3,(H2,19,26)(H,22,25)(H2,20,21,23,24)/t11-/m0/s1. The molecule has 0 bridgehead atoms. The van der Waals surface area contributed by atoms with Gasteiger partial charge < -0.3 is 26.4 Å². The summed E-state index contributed by atoms with van der Waals surface area (Å²) in [6.45, 7) is 3.97. The number of amides is 2. The first-order chi connectivity index (χ1) is 12.9. The lowest BCUT2D eigenvalue weighted by molar-refractivity contribution is -0.119. The van der Waals surface area contributed by atoms with Crippen LogP contribution in [-0.2, 0) is 9.53 Å². The number of benzene rings is 1. The Morgan fingerprint density at radius 1 is 1.30 bits per heavy atom. The molecule has 0 fully saturated rings.